The van der Waals surface area contributed by atoms with Gasteiger partial charge in [0.1, 0.15) is 5.60 Å². The minimum absolute atomic E-state index is 0.0306. The lowest BCUT2D eigenvalue weighted by atomic mass is 9.81. The fourth-order valence-electron chi connectivity index (χ4n) is 5.60. The molecule has 3 fully saturated rings. The van der Waals surface area contributed by atoms with Crippen LogP contribution in [0.15, 0.2) is 30.3 Å². The van der Waals surface area contributed by atoms with E-state index in [0.29, 0.717) is 38.7 Å². The standard InChI is InChI=1S/C27H40N2O5/c1-26(2,3)34-25(31)29-16-7-15-27(19-32-17-14-24(30)28-27)23(29)18-33-22-12-10-21(11-13-22)20-8-5-4-6-9-20/h4-6,8-9,21-23H,7,10-19H2,1-3H3,(H,28,30)/t21-,22+,23-,27+/m0/s1. The number of hydrogen-bond donors (Lipinski definition) is 1. The maximum Gasteiger partial charge on any atom is 0.410 e. The Morgan fingerprint density at radius 2 is 1.91 bits per heavy atom. The van der Waals surface area contributed by atoms with Crippen LogP contribution in [0.3, 0.4) is 0 Å². The molecule has 0 unspecified atom stereocenters. The van der Waals surface area contributed by atoms with Crippen molar-refractivity contribution in [2.45, 2.75) is 94.9 Å². The van der Waals surface area contributed by atoms with Crippen LogP contribution >= 0.6 is 0 Å². The number of nitrogens with one attached hydrogen (secondary N) is 1. The van der Waals surface area contributed by atoms with Crippen LogP contribution in [0.5, 0.6) is 0 Å². The molecule has 188 valence electrons. The van der Waals surface area contributed by atoms with Crippen molar-refractivity contribution in [1.82, 2.24) is 10.2 Å². The molecule has 4 rings (SSSR count). The number of hydrogen-bond acceptors (Lipinski definition) is 5. The number of carbonyl (C=O) groups excluding carboxylic acids is 2. The molecule has 2 heterocycles. The Labute approximate surface area is 203 Å². The highest BCUT2D eigenvalue weighted by atomic mass is 16.6. The number of piperidine rings is 1. The van der Waals surface area contributed by atoms with Crippen LogP contribution in [0.1, 0.15) is 77.2 Å². The summed E-state index contributed by atoms with van der Waals surface area (Å²) in [6.07, 6.45) is 5.86. The number of carbonyl (C=O) groups is 2. The maximum atomic E-state index is 13.2. The summed E-state index contributed by atoms with van der Waals surface area (Å²) in [6.45, 7) is 7.35. The third-order valence-corrected chi connectivity index (χ3v) is 7.32. The summed E-state index contributed by atoms with van der Waals surface area (Å²) in [5.74, 6) is 0.548. The van der Waals surface area contributed by atoms with Gasteiger partial charge < -0.3 is 24.4 Å². The third kappa shape index (κ3) is 6.11. The zero-order valence-corrected chi connectivity index (χ0v) is 20.9. The number of benzene rings is 1. The molecule has 0 aromatic heterocycles. The average Bonchev–Trinajstić information content (AvgIpc) is 2.99. The Morgan fingerprint density at radius 1 is 1.18 bits per heavy atom. The molecule has 1 aliphatic carbocycles. The largest absolute Gasteiger partial charge is 0.444 e. The van der Waals surface area contributed by atoms with Crippen molar-refractivity contribution in [1.29, 1.82) is 0 Å². The second-order valence-electron chi connectivity index (χ2n) is 11.0. The number of likely N-dealkylation sites (tertiary alicyclic amines) is 1. The van der Waals surface area contributed by atoms with E-state index >= 15 is 0 Å². The second kappa shape index (κ2) is 10.6. The molecule has 1 spiro atoms. The van der Waals surface area contributed by atoms with Gasteiger partial charge in [0, 0.05) is 13.0 Å². The summed E-state index contributed by atoms with van der Waals surface area (Å²) in [4.78, 5) is 27.4. The molecule has 34 heavy (non-hydrogen) atoms. The van der Waals surface area contributed by atoms with Gasteiger partial charge in [-0.1, -0.05) is 30.3 Å². The van der Waals surface area contributed by atoms with Crippen molar-refractivity contribution in [2.75, 3.05) is 26.4 Å². The summed E-state index contributed by atoms with van der Waals surface area (Å²) < 4.78 is 18.1. The molecule has 1 aromatic rings. The van der Waals surface area contributed by atoms with Crippen molar-refractivity contribution < 1.29 is 23.8 Å². The minimum atomic E-state index is -0.649. The number of ether oxygens (including phenoxy) is 3. The zero-order chi connectivity index (χ0) is 24.2. The molecule has 0 bridgehead atoms. The first-order valence-electron chi connectivity index (χ1n) is 12.8. The van der Waals surface area contributed by atoms with E-state index in [1.807, 2.05) is 20.8 Å². The fraction of sp³-hybridized carbons (Fsp3) is 0.704. The van der Waals surface area contributed by atoms with Crippen molar-refractivity contribution in [2.24, 2.45) is 0 Å². The maximum absolute atomic E-state index is 13.2. The minimum Gasteiger partial charge on any atom is -0.444 e. The number of amides is 2. The van der Waals surface area contributed by atoms with Crippen molar-refractivity contribution in [3.05, 3.63) is 35.9 Å². The van der Waals surface area contributed by atoms with E-state index in [0.717, 1.165) is 38.5 Å². The van der Waals surface area contributed by atoms with E-state index in [9.17, 15) is 9.59 Å². The van der Waals surface area contributed by atoms with E-state index in [2.05, 4.69) is 35.6 Å². The first-order chi connectivity index (χ1) is 16.3. The van der Waals surface area contributed by atoms with Gasteiger partial charge in [0.25, 0.3) is 0 Å². The van der Waals surface area contributed by atoms with Crippen LogP contribution in [0.25, 0.3) is 0 Å². The Hall–Kier alpha value is -2.12. The molecule has 2 saturated heterocycles. The number of rotatable bonds is 4. The molecule has 7 heteroatoms. The van der Waals surface area contributed by atoms with E-state index < -0.39 is 11.1 Å². The van der Waals surface area contributed by atoms with Crippen LogP contribution in [0.4, 0.5) is 4.79 Å². The summed E-state index contributed by atoms with van der Waals surface area (Å²) >= 11 is 0. The van der Waals surface area contributed by atoms with Gasteiger partial charge in [0.15, 0.2) is 0 Å². The van der Waals surface area contributed by atoms with E-state index in [4.69, 9.17) is 14.2 Å². The zero-order valence-electron chi connectivity index (χ0n) is 20.9. The van der Waals surface area contributed by atoms with Crippen LogP contribution < -0.4 is 5.32 Å². The molecular formula is C27H40N2O5. The normalized spacial score (nSPS) is 30.5. The predicted octanol–water partition coefficient (Wildman–Crippen LogP) is 4.40. The number of nitrogens with zero attached hydrogens (tertiary/aromatic N) is 1. The summed E-state index contributed by atoms with van der Waals surface area (Å²) in [7, 11) is 0. The van der Waals surface area contributed by atoms with Crippen molar-refractivity contribution >= 4 is 12.0 Å². The van der Waals surface area contributed by atoms with Crippen LogP contribution in [-0.2, 0) is 19.0 Å². The van der Waals surface area contributed by atoms with Crippen LogP contribution in [0.2, 0.25) is 0 Å². The Kier molecular flexibility index (Phi) is 7.83. The SMILES string of the molecule is CC(C)(C)OC(=O)N1CCC[C@@]2(COCCC(=O)N2)[C@@H]1CO[C@H]1CC[C@@H](c2ccccc2)CC1. The summed E-state index contributed by atoms with van der Waals surface area (Å²) in [6, 6.07) is 10.4. The third-order valence-electron chi connectivity index (χ3n) is 7.32. The van der Waals surface area contributed by atoms with E-state index in [1.54, 1.807) is 4.90 Å². The quantitative estimate of drug-likeness (QED) is 0.703. The predicted molar refractivity (Wildman–Crippen MR) is 130 cm³/mol. The second-order valence-corrected chi connectivity index (χ2v) is 11.0. The van der Waals surface area contributed by atoms with Crippen molar-refractivity contribution in [3.8, 4) is 0 Å². The van der Waals surface area contributed by atoms with Gasteiger partial charge in [-0.05, 0) is 70.8 Å². The molecule has 2 amide bonds. The molecular weight excluding hydrogens is 432 g/mol. The smallest absolute Gasteiger partial charge is 0.410 e. The van der Waals surface area contributed by atoms with Gasteiger partial charge in [0.2, 0.25) is 5.91 Å². The van der Waals surface area contributed by atoms with E-state index in [1.165, 1.54) is 5.56 Å². The molecule has 1 N–H and O–H groups in total. The molecule has 7 nitrogen and oxygen atoms in total. The van der Waals surface area contributed by atoms with Crippen LogP contribution in [0, 0.1) is 0 Å². The lowest BCUT2D eigenvalue weighted by molar-refractivity contribution is -0.125. The molecule has 1 saturated carbocycles. The lowest BCUT2D eigenvalue weighted by Gasteiger charge is -2.49. The van der Waals surface area contributed by atoms with Gasteiger partial charge in [-0.25, -0.2) is 4.79 Å². The Balaban J connectivity index is 1.45. The summed E-state index contributed by atoms with van der Waals surface area (Å²) in [5.41, 5.74) is 0.164. The Morgan fingerprint density at radius 3 is 2.62 bits per heavy atom. The first-order valence-corrected chi connectivity index (χ1v) is 12.8. The molecule has 2 aliphatic heterocycles. The topological polar surface area (TPSA) is 77.1 Å². The lowest BCUT2D eigenvalue weighted by Crippen LogP contribution is -2.69. The molecule has 3 aliphatic rings. The highest BCUT2D eigenvalue weighted by Crippen LogP contribution is 2.36. The molecule has 2 atom stereocenters. The summed E-state index contributed by atoms with van der Waals surface area (Å²) in [5, 5.41) is 3.21. The van der Waals surface area contributed by atoms with Gasteiger partial charge in [-0.3, -0.25) is 4.79 Å². The van der Waals surface area contributed by atoms with Gasteiger partial charge in [0.05, 0.1) is 37.5 Å². The highest BCUT2D eigenvalue weighted by Gasteiger charge is 2.49. The Bertz CT molecular complexity index is 831. The molecule has 0 radical (unpaired) electrons. The van der Waals surface area contributed by atoms with Gasteiger partial charge in [-0.2, -0.15) is 0 Å². The van der Waals surface area contributed by atoms with Crippen LogP contribution in [-0.4, -0.2) is 66.6 Å². The monoisotopic (exact) mass is 472 g/mol. The highest BCUT2D eigenvalue weighted by molar-refractivity contribution is 5.77. The van der Waals surface area contributed by atoms with Crippen molar-refractivity contribution in [3.63, 3.8) is 0 Å². The van der Waals surface area contributed by atoms with E-state index in [-0.39, 0.29) is 24.1 Å². The molecule has 1 aromatic carbocycles. The first kappa shape index (κ1) is 25.0. The average molecular weight is 473 g/mol. The van der Waals surface area contributed by atoms with Gasteiger partial charge >= 0.3 is 6.09 Å². The van der Waals surface area contributed by atoms with Gasteiger partial charge in [-0.15, -0.1) is 0 Å². The fourth-order valence-corrected chi connectivity index (χ4v) is 5.60.